The third-order valence-corrected chi connectivity index (χ3v) is 4.47. The number of thioether (sulfide) groups is 1. The van der Waals surface area contributed by atoms with Gasteiger partial charge in [0.25, 0.3) is 5.91 Å². The number of benzene rings is 1. The second-order valence-electron chi connectivity index (χ2n) is 4.70. The second kappa shape index (κ2) is 5.87. The van der Waals surface area contributed by atoms with Crippen molar-refractivity contribution < 1.29 is 9.21 Å². The van der Waals surface area contributed by atoms with Crippen molar-refractivity contribution in [2.45, 2.75) is 13.5 Å². The molecule has 1 aliphatic rings. The van der Waals surface area contributed by atoms with Gasteiger partial charge in [0.2, 0.25) is 0 Å². The first-order valence-electron chi connectivity index (χ1n) is 6.49. The molecule has 1 saturated heterocycles. The van der Waals surface area contributed by atoms with Crippen LogP contribution < -0.4 is 0 Å². The minimum Gasteiger partial charge on any atom is -0.462 e. The molecule has 2 heterocycles. The van der Waals surface area contributed by atoms with E-state index >= 15 is 0 Å². The lowest BCUT2D eigenvalue weighted by molar-refractivity contribution is -0.122. The summed E-state index contributed by atoms with van der Waals surface area (Å²) in [5.41, 5.74) is 1.06. The van der Waals surface area contributed by atoms with Crippen molar-refractivity contribution in [2.24, 2.45) is 0 Å². The molecular weight excluding hydrogens is 302 g/mol. The third kappa shape index (κ3) is 3.09. The molecule has 0 aliphatic carbocycles. The number of rotatable bonds is 3. The van der Waals surface area contributed by atoms with Crippen LogP contribution in [-0.2, 0) is 11.3 Å². The van der Waals surface area contributed by atoms with Crippen LogP contribution in [0, 0.1) is 6.92 Å². The van der Waals surface area contributed by atoms with E-state index in [2.05, 4.69) is 0 Å². The van der Waals surface area contributed by atoms with E-state index in [0.717, 1.165) is 11.3 Å². The highest BCUT2D eigenvalue weighted by Crippen LogP contribution is 2.33. The van der Waals surface area contributed by atoms with Crippen molar-refractivity contribution in [2.75, 3.05) is 0 Å². The molecule has 0 bridgehead atoms. The van der Waals surface area contributed by atoms with Crippen LogP contribution in [0.5, 0.6) is 0 Å². The van der Waals surface area contributed by atoms with E-state index in [1.807, 2.05) is 49.4 Å². The molecule has 106 valence electrons. The first-order valence-corrected chi connectivity index (χ1v) is 7.72. The summed E-state index contributed by atoms with van der Waals surface area (Å²) < 4.78 is 6.06. The predicted molar refractivity (Wildman–Crippen MR) is 88.6 cm³/mol. The number of thiocarbonyl (C=S) groups is 1. The molecule has 1 fully saturated rings. The number of hydrogen-bond donors (Lipinski definition) is 0. The van der Waals surface area contributed by atoms with Gasteiger partial charge in [0.05, 0.1) is 11.4 Å². The fraction of sp³-hybridized carbons (Fsp3) is 0.125. The number of aryl methyl sites for hydroxylation is 1. The standard InChI is InChI=1S/C16H13NO2S2/c1-11-7-8-13(19-11)9-14-15(18)17(16(20)21-14)10-12-5-3-2-4-6-12/h2-9H,10H2,1H3. The summed E-state index contributed by atoms with van der Waals surface area (Å²) in [5, 5.41) is 0. The SMILES string of the molecule is Cc1ccc(C=C2SC(=S)N(Cc3ccccc3)C2=O)o1. The zero-order valence-corrected chi connectivity index (χ0v) is 13.0. The van der Waals surface area contributed by atoms with Crippen LogP contribution in [0.2, 0.25) is 0 Å². The second-order valence-corrected chi connectivity index (χ2v) is 6.38. The highest BCUT2D eigenvalue weighted by Gasteiger charge is 2.32. The van der Waals surface area contributed by atoms with Crippen molar-refractivity contribution in [1.29, 1.82) is 0 Å². The summed E-state index contributed by atoms with van der Waals surface area (Å²) >= 11 is 6.63. The molecule has 0 atom stereocenters. The topological polar surface area (TPSA) is 33.5 Å². The molecule has 1 amide bonds. The molecule has 3 rings (SSSR count). The van der Waals surface area contributed by atoms with Crippen LogP contribution in [0.3, 0.4) is 0 Å². The van der Waals surface area contributed by atoms with Gasteiger partial charge in [-0.15, -0.1) is 0 Å². The van der Waals surface area contributed by atoms with Crippen LogP contribution in [0.4, 0.5) is 0 Å². The van der Waals surface area contributed by atoms with Gasteiger partial charge in [0, 0.05) is 6.08 Å². The largest absolute Gasteiger partial charge is 0.462 e. The average molecular weight is 315 g/mol. The molecule has 0 spiro atoms. The molecule has 0 saturated carbocycles. The van der Waals surface area contributed by atoms with Crippen molar-refractivity contribution in [1.82, 2.24) is 4.90 Å². The normalized spacial score (nSPS) is 17.0. The van der Waals surface area contributed by atoms with Gasteiger partial charge >= 0.3 is 0 Å². The minimum absolute atomic E-state index is 0.0668. The van der Waals surface area contributed by atoms with Gasteiger partial charge in [-0.2, -0.15) is 0 Å². The molecule has 2 aromatic rings. The van der Waals surface area contributed by atoms with Crippen molar-refractivity contribution in [3.05, 3.63) is 64.5 Å². The smallest absolute Gasteiger partial charge is 0.266 e. The van der Waals surface area contributed by atoms with Crippen LogP contribution in [0.25, 0.3) is 6.08 Å². The maximum Gasteiger partial charge on any atom is 0.266 e. The lowest BCUT2D eigenvalue weighted by Gasteiger charge is -2.14. The van der Waals surface area contributed by atoms with E-state index in [0.29, 0.717) is 21.5 Å². The molecular formula is C16H13NO2S2. The van der Waals surface area contributed by atoms with Crippen molar-refractivity contribution in [3.63, 3.8) is 0 Å². The molecule has 1 aromatic carbocycles. The Labute approximate surface area is 132 Å². The van der Waals surface area contributed by atoms with Gasteiger partial charge in [-0.05, 0) is 24.6 Å². The van der Waals surface area contributed by atoms with Crippen LogP contribution >= 0.6 is 24.0 Å². The number of furan rings is 1. The molecule has 1 aromatic heterocycles. The van der Waals surface area contributed by atoms with Gasteiger partial charge < -0.3 is 4.42 Å². The fourth-order valence-electron chi connectivity index (χ4n) is 2.06. The minimum atomic E-state index is -0.0668. The van der Waals surface area contributed by atoms with Gasteiger partial charge in [-0.25, -0.2) is 0 Å². The van der Waals surface area contributed by atoms with Crippen LogP contribution in [0.15, 0.2) is 51.8 Å². The first-order chi connectivity index (χ1) is 10.1. The quantitative estimate of drug-likeness (QED) is 0.633. The number of hydrogen-bond acceptors (Lipinski definition) is 4. The summed E-state index contributed by atoms with van der Waals surface area (Å²) in [6, 6.07) is 13.5. The Morgan fingerprint density at radius 2 is 2.00 bits per heavy atom. The van der Waals surface area contributed by atoms with Gasteiger partial charge in [-0.3, -0.25) is 9.69 Å². The van der Waals surface area contributed by atoms with Crippen molar-refractivity contribution >= 4 is 40.3 Å². The maximum atomic E-state index is 12.4. The Morgan fingerprint density at radius 3 is 2.67 bits per heavy atom. The van der Waals surface area contributed by atoms with Crippen molar-refractivity contribution in [3.8, 4) is 0 Å². The lowest BCUT2D eigenvalue weighted by Crippen LogP contribution is -2.27. The Hall–Kier alpha value is -1.85. The van der Waals surface area contributed by atoms with Crippen LogP contribution in [-0.4, -0.2) is 15.1 Å². The van der Waals surface area contributed by atoms with E-state index in [-0.39, 0.29) is 5.91 Å². The fourth-order valence-corrected chi connectivity index (χ4v) is 3.30. The summed E-state index contributed by atoms with van der Waals surface area (Å²) in [7, 11) is 0. The molecule has 3 nitrogen and oxygen atoms in total. The number of carbonyl (C=O) groups is 1. The van der Waals surface area contributed by atoms with Gasteiger partial charge in [0.1, 0.15) is 15.8 Å². The van der Waals surface area contributed by atoms with Gasteiger partial charge in [-0.1, -0.05) is 54.3 Å². The Kier molecular flexibility index (Phi) is 3.94. The zero-order valence-electron chi connectivity index (χ0n) is 11.4. The molecule has 0 N–H and O–H groups in total. The molecule has 0 unspecified atom stereocenters. The number of nitrogens with zero attached hydrogens (tertiary/aromatic N) is 1. The van der Waals surface area contributed by atoms with E-state index in [1.165, 1.54) is 11.8 Å². The Bertz CT molecular complexity index is 719. The lowest BCUT2D eigenvalue weighted by atomic mass is 10.2. The van der Waals surface area contributed by atoms with E-state index in [9.17, 15) is 4.79 Å². The monoisotopic (exact) mass is 315 g/mol. The van der Waals surface area contributed by atoms with Gasteiger partial charge in [0.15, 0.2) is 0 Å². The number of carbonyl (C=O) groups excluding carboxylic acids is 1. The average Bonchev–Trinajstić information content (AvgIpc) is 2.99. The Balaban J connectivity index is 1.81. The molecule has 1 aliphatic heterocycles. The molecule has 5 heteroatoms. The van der Waals surface area contributed by atoms with Crippen LogP contribution in [0.1, 0.15) is 17.1 Å². The zero-order chi connectivity index (χ0) is 14.8. The molecule has 0 radical (unpaired) electrons. The maximum absolute atomic E-state index is 12.4. The first kappa shape index (κ1) is 14.1. The molecule has 21 heavy (non-hydrogen) atoms. The predicted octanol–water partition coefficient (Wildman–Crippen LogP) is 3.99. The van der Waals surface area contributed by atoms with E-state index in [1.54, 1.807) is 11.0 Å². The highest BCUT2D eigenvalue weighted by atomic mass is 32.2. The third-order valence-electron chi connectivity index (χ3n) is 3.09. The van der Waals surface area contributed by atoms with E-state index < -0.39 is 0 Å². The highest BCUT2D eigenvalue weighted by molar-refractivity contribution is 8.26. The number of amides is 1. The summed E-state index contributed by atoms with van der Waals surface area (Å²) in [5.74, 6) is 1.43. The summed E-state index contributed by atoms with van der Waals surface area (Å²) in [6.07, 6.45) is 1.75. The summed E-state index contributed by atoms with van der Waals surface area (Å²) in [4.78, 5) is 14.7. The van der Waals surface area contributed by atoms with E-state index in [4.69, 9.17) is 16.6 Å². The summed E-state index contributed by atoms with van der Waals surface area (Å²) in [6.45, 7) is 2.37. The Morgan fingerprint density at radius 1 is 1.24 bits per heavy atom.